The van der Waals surface area contributed by atoms with E-state index in [0.717, 1.165) is 6.42 Å². The molecule has 0 saturated heterocycles. The molecule has 0 heterocycles. The molecule has 0 aliphatic rings. The molecule has 0 aliphatic carbocycles. The lowest BCUT2D eigenvalue weighted by atomic mass is 9.99. The smallest absolute Gasteiger partial charge is 0.288 e. The highest BCUT2D eigenvalue weighted by atomic mass is 35.5. The van der Waals surface area contributed by atoms with E-state index < -0.39 is 17.1 Å². The first-order valence-corrected chi connectivity index (χ1v) is 5.72. The van der Waals surface area contributed by atoms with E-state index >= 15 is 0 Å². The largest absolute Gasteiger partial charge is 0.391 e. The fourth-order valence-electron chi connectivity index (χ4n) is 1.57. The summed E-state index contributed by atoms with van der Waals surface area (Å²) < 4.78 is 0. The number of aliphatic hydroxyl groups excluding tert-OH is 1. The van der Waals surface area contributed by atoms with Crippen LogP contribution in [0.4, 0.5) is 5.69 Å². The molecule has 0 saturated carbocycles. The average Bonchev–Trinajstić information content (AvgIpc) is 2.28. The maximum atomic E-state index is 10.7. The lowest BCUT2D eigenvalue weighted by molar-refractivity contribution is -0.384. The zero-order chi connectivity index (χ0) is 13.0. The minimum absolute atomic E-state index is 0. The number of halogens is 2. The van der Waals surface area contributed by atoms with Gasteiger partial charge in [-0.1, -0.05) is 31.0 Å². The van der Waals surface area contributed by atoms with Crippen LogP contribution < -0.4 is 5.73 Å². The van der Waals surface area contributed by atoms with E-state index in [4.69, 9.17) is 17.3 Å². The van der Waals surface area contributed by atoms with E-state index in [1.807, 2.05) is 6.92 Å². The van der Waals surface area contributed by atoms with Gasteiger partial charge in [-0.3, -0.25) is 10.1 Å². The van der Waals surface area contributed by atoms with E-state index in [1.165, 1.54) is 12.1 Å². The fraction of sp³-hybridized carbons (Fsp3) is 0.455. The number of nitro benzene ring substituents is 1. The Morgan fingerprint density at radius 3 is 2.67 bits per heavy atom. The van der Waals surface area contributed by atoms with Gasteiger partial charge in [0.2, 0.25) is 0 Å². The number of hydrogen-bond donors (Lipinski definition) is 2. The van der Waals surface area contributed by atoms with Gasteiger partial charge in [-0.15, -0.1) is 12.4 Å². The van der Waals surface area contributed by atoms with Crippen molar-refractivity contribution in [2.24, 2.45) is 5.73 Å². The number of rotatable bonds is 5. The number of hydrogen-bond acceptors (Lipinski definition) is 4. The molecule has 1 aromatic carbocycles. The lowest BCUT2D eigenvalue weighted by Crippen LogP contribution is -2.26. The van der Waals surface area contributed by atoms with Crippen LogP contribution in [0.5, 0.6) is 0 Å². The summed E-state index contributed by atoms with van der Waals surface area (Å²) in [6, 6.07) is 3.70. The summed E-state index contributed by atoms with van der Waals surface area (Å²) in [6.45, 7) is 1.93. The highest BCUT2D eigenvalue weighted by molar-refractivity contribution is 6.32. The molecular formula is C11H16Cl2N2O3. The molecule has 0 aliphatic heterocycles. The summed E-state index contributed by atoms with van der Waals surface area (Å²) in [5.41, 5.74) is 6.15. The first kappa shape index (κ1) is 17.1. The van der Waals surface area contributed by atoms with Crippen molar-refractivity contribution in [2.75, 3.05) is 0 Å². The molecule has 5 nitrogen and oxygen atoms in total. The lowest BCUT2D eigenvalue weighted by Gasteiger charge is -2.18. The molecule has 0 bridgehead atoms. The van der Waals surface area contributed by atoms with Crippen LogP contribution in [0.3, 0.4) is 0 Å². The van der Waals surface area contributed by atoms with E-state index in [9.17, 15) is 15.2 Å². The molecule has 0 aromatic heterocycles. The van der Waals surface area contributed by atoms with Gasteiger partial charge in [0.15, 0.2) is 0 Å². The van der Waals surface area contributed by atoms with Gasteiger partial charge >= 0.3 is 0 Å². The number of nitrogens with zero attached hydrogens (tertiary/aromatic N) is 1. The predicted molar refractivity (Wildman–Crippen MR) is 73.2 cm³/mol. The van der Waals surface area contributed by atoms with Crippen molar-refractivity contribution in [3.63, 3.8) is 0 Å². The molecule has 2 atom stereocenters. The topological polar surface area (TPSA) is 89.4 Å². The van der Waals surface area contributed by atoms with E-state index in [-0.39, 0.29) is 23.1 Å². The Labute approximate surface area is 116 Å². The summed E-state index contributed by atoms with van der Waals surface area (Å²) in [7, 11) is 0. The Morgan fingerprint density at radius 1 is 1.56 bits per heavy atom. The van der Waals surface area contributed by atoms with E-state index in [0.29, 0.717) is 12.0 Å². The SMILES string of the molecule is CCC[C@@H](O)[C@@H](N)c1ccc(Cl)c([N+](=O)[O-])c1.Cl. The molecule has 7 heteroatoms. The molecule has 0 fully saturated rings. The zero-order valence-corrected chi connectivity index (χ0v) is 11.4. The van der Waals surface area contributed by atoms with Gasteiger partial charge in [0, 0.05) is 6.07 Å². The van der Waals surface area contributed by atoms with Crippen molar-refractivity contribution in [1.29, 1.82) is 0 Å². The summed E-state index contributed by atoms with van der Waals surface area (Å²) in [5.74, 6) is 0. The first-order valence-electron chi connectivity index (χ1n) is 5.34. The molecule has 1 aromatic rings. The van der Waals surface area contributed by atoms with Crippen LogP contribution in [0.15, 0.2) is 18.2 Å². The average molecular weight is 295 g/mol. The Balaban J connectivity index is 0.00000289. The summed E-state index contributed by atoms with van der Waals surface area (Å²) in [6.07, 6.45) is 0.642. The van der Waals surface area contributed by atoms with Crippen LogP contribution >= 0.6 is 24.0 Å². The molecule has 0 radical (unpaired) electrons. The molecule has 1 rings (SSSR count). The zero-order valence-electron chi connectivity index (χ0n) is 9.88. The predicted octanol–water partition coefficient (Wildman–Crippen LogP) is 2.83. The van der Waals surface area contributed by atoms with Crippen LogP contribution in [-0.2, 0) is 0 Å². The highest BCUT2D eigenvalue weighted by Crippen LogP contribution is 2.28. The Hall–Kier alpha value is -0.880. The number of aliphatic hydroxyl groups is 1. The van der Waals surface area contributed by atoms with Crippen LogP contribution in [0, 0.1) is 10.1 Å². The maximum Gasteiger partial charge on any atom is 0.288 e. The third-order valence-corrected chi connectivity index (χ3v) is 2.87. The van der Waals surface area contributed by atoms with Crippen molar-refractivity contribution >= 4 is 29.7 Å². The van der Waals surface area contributed by atoms with Crippen molar-refractivity contribution in [1.82, 2.24) is 0 Å². The second kappa shape index (κ2) is 7.53. The standard InChI is InChI=1S/C11H15ClN2O3.ClH/c1-2-3-10(15)11(13)7-4-5-8(12)9(6-7)14(16)17;/h4-6,10-11,15H,2-3,13H2,1H3;1H/t10-,11+;/m1./s1. The molecule has 3 N–H and O–H groups in total. The molecule has 0 amide bonds. The molecule has 18 heavy (non-hydrogen) atoms. The summed E-state index contributed by atoms with van der Waals surface area (Å²) in [4.78, 5) is 10.1. The van der Waals surface area contributed by atoms with Crippen molar-refractivity contribution in [3.05, 3.63) is 38.9 Å². The maximum absolute atomic E-state index is 10.7. The van der Waals surface area contributed by atoms with Gasteiger partial charge in [-0.05, 0) is 18.1 Å². The molecular weight excluding hydrogens is 279 g/mol. The van der Waals surface area contributed by atoms with Gasteiger partial charge < -0.3 is 10.8 Å². The second-order valence-corrected chi connectivity index (χ2v) is 4.26. The Kier molecular flexibility index (Phi) is 7.16. The van der Waals surface area contributed by atoms with Gasteiger partial charge in [0.05, 0.1) is 17.1 Å². The molecule has 0 spiro atoms. The fourth-order valence-corrected chi connectivity index (χ4v) is 1.76. The van der Waals surface area contributed by atoms with E-state index in [1.54, 1.807) is 6.07 Å². The van der Waals surface area contributed by atoms with Crippen LogP contribution in [0.25, 0.3) is 0 Å². The first-order chi connectivity index (χ1) is 7.97. The number of nitro groups is 1. The Bertz CT molecular complexity index is 415. The van der Waals surface area contributed by atoms with Crippen LogP contribution in [-0.4, -0.2) is 16.1 Å². The molecule has 102 valence electrons. The third-order valence-electron chi connectivity index (χ3n) is 2.55. The van der Waals surface area contributed by atoms with Gasteiger partial charge in [-0.2, -0.15) is 0 Å². The van der Waals surface area contributed by atoms with Crippen molar-refractivity contribution < 1.29 is 10.0 Å². The quantitative estimate of drug-likeness (QED) is 0.645. The van der Waals surface area contributed by atoms with Crippen molar-refractivity contribution in [3.8, 4) is 0 Å². The third kappa shape index (κ3) is 4.10. The van der Waals surface area contributed by atoms with Crippen LogP contribution in [0.1, 0.15) is 31.4 Å². The normalized spacial score (nSPS) is 13.6. The van der Waals surface area contributed by atoms with Gasteiger partial charge in [-0.25, -0.2) is 0 Å². The summed E-state index contributed by atoms with van der Waals surface area (Å²) in [5, 5.41) is 20.5. The summed E-state index contributed by atoms with van der Waals surface area (Å²) >= 11 is 5.69. The Morgan fingerprint density at radius 2 is 2.17 bits per heavy atom. The highest BCUT2D eigenvalue weighted by Gasteiger charge is 2.20. The minimum atomic E-state index is -0.708. The monoisotopic (exact) mass is 294 g/mol. The number of nitrogens with two attached hydrogens (primary N) is 1. The van der Waals surface area contributed by atoms with Crippen molar-refractivity contribution in [2.45, 2.75) is 31.9 Å². The molecule has 0 unspecified atom stereocenters. The van der Waals surface area contributed by atoms with Gasteiger partial charge in [0.25, 0.3) is 5.69 Å². The van der Waals surface area contributed by atoms with E-state index in [2.05, 4.69) is 0 Å². The minimum Gasteiger partial charge on any atom is -0.391 e. The number of benzene rings is 1. The second-order valence-electron chi connectivity index (χ2n) is 3.85. The van der Waals surface area contributed by atoms with Gasteiger partial charge in [0.1, 0.15) is 5.02 Å². The van der Waals surface area contributed by atoms with Crippen LogP contribution in [0.2, 0.25) is 5.02 Å².